The molecule has 0 radical (unpaired) electrons. The van der Waals surface area contributed by atoms with Crippen molar-refractivity contribution in [3.05, 3.63) is 33.9 Å². The Hall–Kier alpha value is -1.62. The predicted molar refractivity (Wildman–Crippen MR) is 87.7 cm³/mol. The van der Waals surface area contributed by atoms with Gasteiger partial charge in [0, 0.05) is 19.2 Å². The monoisotopic (exact) mass is 293 g/mol. The molecule has 0 heterocycles. The number of hydrogen-bond donors (Lipinski definition) is 1. The first-order valence-corrected chi connectivity index (χ1v) is 7.64. The molecular weight excluding hydrogens is 266 g/mol. The molecule has 1 aromatic carbocycles. The molecule has 0 bridgehead atoms. The fourth-order valence-corrected chi connectivity index (χ4v) is 2.17. The summed E-state index contributed by atoms with van der Waals surface area (Å²) in [6, 6.07) is 5.30. The first kappa shape index (κ1) is 17.4. The lowest BCUT2D eigenvalue weighted by molar-refractivity contribution is -0.384. The third kappa shape index (κ3) is 5.71. The van der Waals surface area contributed by atoms with Crippen molar-refractivity contribution in [3.63, 3.8) is 0 Å². The van der Waals surface area contributed by atoms with Crippen LogP contribution in [0.5, 0.6) is 0 Å². The molecule has 0 aliphatic carbocycles. The van der Waals surface area contributed by atoms with Crippen LogP contribution in [0.25, 0.3) is 0 Å². The minimum atomic E-state index is -0.310. The van der Waals surface area contributed by atoms with Gasteiger partial charge in [-0.3, -0.25) is 10.1 Å². The maximum atomic E-state index is 11.2. The van der Waals surface area contributed by atoms with Crippen LogP contribution < -0.4 is 5.32 Å². The molecule has 0 saturated carbocycles. The van der Waals surface area contributed by atoms with Gasteiger partial charge in [0.1, 0.15) is 5.69 Å². The Kier molecular flexibility index (Phi) is 7.15. The highest BCUT2D eigenvalue weighted by atomic mass is 16.6. The van der Waals surface area contributed by atoms with E-state index in [4.69, 9.17) is 0 Å². The first-order valence-electron chi connectivity index (χ1n) is 7.64. The first-order chi connectivity index (χ1) is 9.95. The largest absolute Gasteiger partial charge is 0.379 e. The van der Waals surface area contributed by atoms with E-state index in [0.717, 1.165) is 38.0 Å². The van der Waals surface area contributed by atoms with Gasteiger partial charge in [0.15, 0.2) is 0 Å². The molecule has 0 saturated heterocycles. The van der Waals surface area contributed by atoms with Gasteiger partial charge in [0.05, 0.1) is 4.92 Å². The molecular formula is C16H27N3O2. The van der Waals surface area contributed by atoms with E-state index in [0.29, 0.717) is 11.6 Å². The number of nitro groups is 1. The topological polar surface area (TPSA) is 58.4 Å². The molecule has 0 atom stereocenters. The molecule has 1 aromatic rings. The summed E-state index contributed by atoms with van der Waals surface area (Å²) in [5.41, 5.74) is 1.82. The lowest BCUT2D eigenvalue weighted by Crippen LogP contribution is -2.21. The molecule has 21 heavy (non-hydrogen) atoms. The summed E-state index contributed by atoms with van der Waals surface area (Å²) in [6.07, 6.45) is 2.07. The lowest BCUT2D eigenvalue weighted by Gasteiger charge is -2.20. The zero-order valence-electron chi connectivity index (χ0n) is 13.6. The predicted octanol–water partition coefficient (Wildman–Crippen LogP) is 3.89. The number of anilines is 1. The summed E-state index contributed by atoms with van der Waals surface area (Å²) in [6.45, 7) is 8.92. The molecule has 0 aliphatic heterocycles. The second-order valence-corrected chi connectivity index (χ2v) is 5.92. The van der Waals surface area contributed by atoms with E-state index >= 15 is 0 Å². The van der Waals surface area contributed by atoms with Gasteiger partial charge in [-0.15, -0.1) is 0 Å². The van der Waals surface area contributed by atoms with E-state index in [1.807, 2.05) is 6.07 Å². The molecule has 1 N–H and O–H groups in total. The summed E-state index contributed by atoms with van der Waals surface area (Å²) in [7, 11) is 2.06. The van der Waals surface area contributed by atoms with E-state index in [2.05, 4.69) is 38.0 Å². The second kappa shape index (κ2) is 8.62. The van der Waals surface area contributed by atoms with Crippen LogP contribution in [0.2, 0.25) is 0 Å². The van der Waals surface area contributed by atoms with E-state index in [1.165, 1.54) is 0 Å². The Labute approximate surface area is 127 Å². The van der Waals surface area contributed by atoms with Gasteiger partial charge in [0.2, 0.25) is 0 Å². The third-order valence-corrected chi connectivity index (χ3v) is 3.41. The number of benzene rings is 1. The highest BCUT2D eigenvalue weighted by Crippen LogP contribution is 2.29. The SMILES string of the molecule is CCCNc1c(CN(C)CCC(C)C)cccc1[N+](=O)[O-]. The van der Waals surface area contributed by atoms with Gasteiger partial charge in [0.25, 0.3) is 5.69 Å². The zero-order chi connectivity index (χ0) is 15.8. The highest BCUT2D eigenvalue weighted by Gasteiger charge is 2.17. The van der Waals surface area contributed by atoms with Crippen LogP contribution in [0.1, 0.15) is 39.2 Å². The van der Waals surface area contributed by atoms with E-state index in [9.17, 15) is 10.1 Å². The molecule has 0 spiro atoms. The van der Waals surface area contributed by atoms with Gasteiger partial charge in [-0.05, 0) is 37.9 Å². The van der Waals surface area contributed by atoms with Crippen molar-refractivity contribution in [1.82, 2.24) is 4.90 Å². The van der Waals surface area contributed by atoms with Gasteiger partial charge >= 0.3 is 0 Å². The smallest absolute Gasteiger partial charge is 0.292 e. The molecule has 0 fully saturated rings. The van der Waals surface area contributed by atoms with Crippen LogP contribution in [-0.2, 0) is 6.54 Å². The minimum absolute atomic E-state index is 0.165. The molecule has 0 aromatic heterocycles. The highest BCUT2D eigenvalue weighted by molar-refractivity contribution is 5.66. The van der Waals surface area contributed by atoms with Gasteiger partial charge in [-0.1, -0.05) is 32.9 Å². The normalized spacial score (nSPS) is 11.1. The van der Waals surface area contributed by atoms with E-state index < -0.39 is 0 Å². The zero-order valence-corrected chi connectivity index (χ0v) is 13.6. The number of nitro benzene ring substituents is 1. The molecule has 5 nitrogen and oxygen atoms in total. The second-order valence-electron chi connectivity index (χ2n) is 5.92. The molecule has 1 rings (SSSR count). The van der Waals surface area contributed by atoms with Crippen LogP contribution in [0.15, 0.2) is 18.2 Å². The molecule has 0 amide bonds. The van der Waals surface area contributed by atoms with Crippen molar-refractivity contribution in [1.29, 1.82) is 0 Å². The standard InChI is InChI=1S/C16H27N3O2/c1-5-10-17-16-14(7-6-8-15(16)19(20)21)12-18(4)11-9-13(2)3/h6-8,13,17H,5,9-12H2,1-4H3. The van der Waals surface area contributed by atoms with Crippen molar-refractivity contribution in [3.8, 4) is 0 Å². The van der Waals surface area contributed by atoms with Crippen molar-refractivity contribution in [2.24, 2.45) is 5.92 Å². The Morgan fingerprint density at radius 1 is 1.38 bits per heavy atom. The van der Waals surface area contributed by atoms with Crippen LogP contribution in [-0.4, -0.2) is 30.0 Å². The maximum absolute atomic E-state index is 11.2. The Balaban J connectivity index is 2.89. The summed E-state index contributed by atoms with van der Waals surface area (Å²) in [5, 5.41) is 14.4. The minimum Gasteiger partial charge on any atom is -0.379 e. The molecule has 5 heteroatoms. The summed E-state index contributed by atoms with van der Waals surface area (Å²) in [5.74, 6) is 0.662. The molecule has 0 unspecified atom stereocenters. The van der Waals surface area contributed by atoms with Crippen molar-refractivity contribution in [2.45, 2.75) is 40.2 Å². The third-order valence-electron chi connectivity index (χ3n) is 3.41. The van der Waals surface area contributed by atoms with Crippen molar-refractivity contribution < 1.29 is 4.92 Å². The average Bonchev–Trinajstić information content (AvgIpc) is 2.43. The number of nitrogens with zero attached hydrogens (tertiary/aromatic N) is 2. The van der Waals surface area contributed by atoms with Crippen LogP contribution >= 0.6 is 0 Å². The molecule has 118 valence electrons. The van der Waals surface area contributed by atoms with E-state index in [-0.39, 0.29) is 10.6 Å². The van der Waals surface area contributed by atoms with E-state index in [1.54, 1.807) is 12.1 Å². The molecule has 0 aliphatic rings. The Morgan fingerprint density at radius 2 is 2.10 bits per heavy atom. The maximum Gasteiger partial charge on any atom is 0.292 e. The number of rotatable bonds is 9. The van der Waals surface area contributed by atoms with Crippen LogP contribution in [0.4, 0.5) is 11.4 Å². The number of nitrogens with one attached hydrogen (secondary N) is 1. The summed E-state index contributed by atoms with van der Waals surface area (Å²) in [4.78, 5) is 13.1. The fourth-order valence-electron chi connectivity index (χ4n) is 2.17. The van der Waals surface area contributed by atoms with Crippen LogP contribution in [0, 0.1) is 16.0 Å². The van der Waals surface area contributed by atoms with Crippen molar-refractivity contribution in [2.75, 3.05) is 25.5 Å². The average molecular weight is 293 g/mol. The van der Waals surface area contributed by atoms with Gasteiger partial charge < -0.3 is 10.2 Å². The quantitative estimate of drug-likeness (QED) is 0.554. The van der Waals surface area contributed by atoms with Crippen LogP contribution in [0.3, 0.4) is 0 Å². The Morgan fingerprint density at radius 3 is 2.67 bits per heavy atom. The Bertz CT molecular complexity index is 461. The van der Waals surface area contributed by atoms with Gasteiger partial charge in [-0.2, -0.15) is 0 Å². The van der Waals surface area contributed by atoms with Crippen molar-refractivity contribution >= 4 is 11.4 Å². The fraction of sp³-hybridized carbons (Fsp3) is 0.625. The number of para-hydroxylation sites is 1. The lowest BCUT2D eigenvalue weighted by atomic mass is 10.1. The summed E-state index contributed by atoms with van der Waals surface area (Å²) < 4.78 is 0. The van der Waals surface area contributed by atoms with Gasteiger partial charge in [-0.25, -0.2) is 0 Å². The summed E-state index contributed by atoms with van der Waals surface area (Å²) >= 11 is 0. The number of hydrogen-bond acceptors (Lipinski definition) is 4.